The molecule has 1 aliphatic heterocycles. The second-order valence-electron chi connectivity index (χ2n) is 7.66. The zero-order valence-electron chi connectivity index (χ0n) is 18.5. The Morgan fingerprint density at radius 2 is 1.72 bits per heavy atom. The highest BCUT2D eigenvalue weighted by atomic mass is 16.5. The highest BCUT2D eigenvalue weighted by Gasteiger charge is 2.28. The molecule has 1 aromatic heterocycles. The summed E-state index contributed by atoms with van der Waals surface area (Å²) in [5.74, 6) is 2.11. The van der Waals surface area contributed by atoms with Gasteiger partial charge in [0.1, 0.15) is 17.3 Å². The number of para-hydroxylation sites is 1. The molecule has 7 heteroatoms. The van der Waals surface area contributed by atoms with Crippen molar-refractivity contribution >= 4 is 11.6 Å². The van der Waals surface area contributed by atoms with Crippen molar-refractivity contribution in [3.05, 3.63) is 78.3 Å². The lowest BCUT2D eigenvalue weighted by Gasteiger charge is -2.39. The van der Waals surface area contributed by atoms with Crippen molar-refractivity contribution in [3.8, 4) is 11.5 Å². The Hall–Kier alpha value is -3.45. The van der Waals surface area contributed by atoms with Crippen molar-refractivity contribution in [1.82, 2.24) is 10.2 Å². The molecule has 1 unspecified atom stereocenters. The molecule has 1 aliphatic rings. The van der Waals surface area contributed by atoms with Gasteiger partial charge in [-0.1, -0.05) is 12.1 Å². The van der Waals surface area contributed by atoms with Gasteiger partial charge in [0.05, 0.1) is 32.1 Å². The third kappa shape index (κ3) is 4.89. The van der Waals surface area contributed by atoms with E-state index in [9.17, 15) is 4.79 Å². The average Bonchev–Trinajstić information content (AvgIpc) is 3.39. The highest BCUT2D eigenvalue weighted by Crippen LogP contribution is 2.26. The molecule has 0 radical (unpaired) electrons. The van der Waals surface area contributed by atoms with Gasteiger partial charge in [-0.2, -0.15) is 0 Å². The number of carbonyl (C=O) groups excluding carboxylic acids is 1. The standard InChI is InChI=1S/C25H29N3O4/c1-30-20-11-9-19(10-12-20)27-13-15-28(16-14-27)22(24-8-5-17-32-24)18-26-25(29)21-6-3-4-7-23(21)31-2/h3-12,17,22H,13-16,18H2,1-2H3,(H,26,29). The minimum atomic E-state index is -0.157. The molecule has 1 atom stereocenters. The van der Waals surface area contributed by atoms with Gasteiger partial charge in [-0.3, -0.25) is 9.69 Å². The first-order valence-corrected chi connectivity index (χ1v) is 10.8. The summed E-state index contributed by atoms with van der Waals surface area (Å²) in [4.78, 5) is 17.5. The first kappa shape index (κ1) is 21.8. The number of nitrogens with one attached hydrogen (secondary N) is 1. The zero-order valence-corrected chi connectivity index (χ0v) is 18.5. The lowest BCUT2D eigenvalue weighted by molar-refractivity contribution is 0.0920. The quantitative estimate of drug-likeness (QED) is 0.583. The van der Waals surface area contributed by atoms with Crippen LogP contribution in [0.5, 0.6) is 11.5 Å². The van der Waals surface area contributed by atoms with E-state index in [1.54, 1.807) is 32.6 Å². The highest BCUT2D eigenvalue weighted by molar-refractivity contribution is 5.96. The van der Waals surface area contributed by atoms with Crippen LogP contribution in [0, 0.1) is 0 Å². The number of ether oxygens (including phenoxy) is 2. The fraction of sp³-hybridized carbons (Fsp3) is 0.320. The van der Waals surface area contributed by atoms with Crippen LogP contribution >= 0.6 is 0 Å². The van der Waals surface area contributed by atoms with Crippen LogP contribution in [0.3, 0.4) is 0 Å². The number of methoxy groups -OCH3 is 2. The van der Waals surface area contributed by atoms with E-state index in [1.165, 1.54) is 5.69 Å². The topological polar surface area (TPSA) is 67.2 Å². The van der Waals surface area contributed by atoms with Crippen LogP contribution in [-0.2, 0) is 0 Å². The lowest BCUT2D eigenvalue weighted by atomic mass is 10.1. The first-order chi connectivity index (χ1) is 15.7. The summed E-state index contributed by atoms with van der Waals surface area (Å²) in [6.07, 6.45) is 1.68. The molecule has 0 spiro atoms. The predicted octanol–water partition coefficient (Wildman–Crippen LogP) is 3.59. The van der Waals surface area contributed by atoms with Crippen molar-refractivity contribution < 1.29 is 18.7 Å². The van der Waals surface area contributed by atoms with Crippen LogP contribution in [0.15, 0.2) is 71.3 Å². The van der Waals surface area contributed by atoms with E-state index in [1.807, 2.05) is 36.4 Å². The maximum Gasteiger partial charge on any atom is 0.255 e. The van der Waals surface area contributed by atoms with Crippen LogP contribution < -0.4 is 19.7 Å². The molecule has 0 aliphatic carbocycles. The second-order valence-corrected chi connectivity index (χ2v) is 7.66. The van der Waals surface area contributed by atoms with Crippen LogP contribution in [0.2, 0.25) is 0 Å². The molecule has 7 nitrogen and oxygen atoms in total. The Morgan fingerprint density at radius 3 is 2.38 bits per heavy atom. The number of hydrogen-bond acceptors (Lipinski definition) is 6. The van der Waals surface area contributed by atoms with E-state index in [4.69, 9.17) is 13.9 Å². The molecule has 1 amide bonds. The molecule has 1 fully saturated rings. The van der Waals surface area contributed by atoms with Gasteiger partial charge in [-0.05, 0) is 48.5 Å². The number of nitrogens with zero attached hydrogens (tertiary/aromatic N) is 2. The lowest BCUT2D eigenvalue weighted by Crippen LogP contribution is -2.49. The Morgan fingerprint density at radius 1 is 0.969 bits per heavy atom. The summed E-state index contributed by atoms with van der Waals surface area (Å²) >= 11 is 0. The third-order valence-electron chi connectivity index (χ3n) is 5.87. The number of rotatable bonds is 8. The SMILES string of the molecule is COc1ccc(N2CCN(C(CNC(=O)c3ccccc3OC)c3ccco3)CC2)cc1. The molecule has 0 saturated carbocycles. The number of hydrogen-bond donors (Lipinski definition) is 1. The number of amides is 1. The van der Waals surface area contributed by atoms with E-state index >= 15 is 0 Å². The zero-order chi connectivity index (χ0) is 22.3. The number of furan rings is 1. The van der Waals surface area contributed by atoms with Gasteiger partial charge in [0.15, 0.2) is 0 Å². The summed E-state index contributed by atoms with van der Waals surface area (Å²) in [7, 11) is 3.25. The maximum absolute atomic E-state index is 12.8. The Bertz CT molecular complexity index is 996. The maximum atomic E-state index is 12.8. The normalized spacial score (nSPS) is 15.2. The van der Waals surface area contributed by atoms with Crippen molar-refractivity contribution in [1.29, 1.82) is 0 Å². The molecule has 1 saturated heterocycles. The largest absolute Gasteiger partial charge is 0.497 e. The van der Waals surface area contributed by atoms with E-state index in [0.717, 1.165) is 37.7 Å². The summed E-state index contributed by atoms with van der Waals surface area (Å²) in [5, 5.41) is 3.07. The van der Waals surface area contributed by atoms with E-state index < -0.39 is 0 Å². The summed E-state index contributed by atoms with van der Waals surface area (Å²) in [6, 6.07) is 19.2. The Kier molecular flexibility index (Phi) is 6.97. The van der Waals surface area contributed by atoms with Gasteiger partial charge in [0.2, 0.25) is 0 Å². The Labute approximate surface area is 188 Å². The molecule has 2 aromatic carbocycles. The predicted molar refractivity (Wildman–Crippen MR) is 124 cm³/mol. The van der Waals surface area contributed by atoms with Crippen molar-refractivity contribution in [2.24, 2.45) is 0 Å². The summed E-state index contributed by atoms with van der Waals surface area (Å²) < 4.78 is 16.3. The molecule has 4 rings (SSSR count). The fourth-order valence-corrected chi connectivity index (χ4v) is 4.09. The number of carbonyl (C=O) groups is 1. The van der Waals surface area contributed by atoms with E-state index in [2.05, 4.69) is 27.2 Å². The van der Waals surface area contributed by atoms with Crippen LogP contribution in [-0.4, -0.2) is 57.8 Å². The van der Waals surface area contributed by atoms with Gasteiger partial charge >= 0.3 is 0 Å². The van der Waals surface area contributed by atoms with Crippen molar-refractivity contribution in [2.75, 3.05) is 51.8 Å². The van der Waals surface area contributed by atoms with Crippen LogP contribution in [0.25, 0.3) is 0 Å². The number of anilines is 1. The van der Waals surface area contributed by atoms with Crippen LogP contribution in [0.4, 0.5) is 5.69 Å². The van der Waals surface area contributed by atoms with Crippen molar-refractivity contribution in [3.63, 3.8) is 0 Å². The summed E-state index contributed by atoms with van der Waals surface area (Å²) in [5.41, 5.74) is 1.71. The number of benzene rings is 2. The smallest absolute Gasteiger partial charge is 0.255 e. The Balaban J connectivity index is 1.41. The molecule has 2 heterocycles. The van der Waals surface area contributed by atoms with Crippen LogP contribution in [0.1, 0.15) is 22.2 Å². The van der Waals surface area contributed by atoms with Gasteiger partial charge in [-0.15, -0.1) is 0 Å². The molecule has 0 bridgehead atoms. The molecule has 168 valence electrons. The second kappa shape index (κ2) is 10.2. The van der Waals surface area contributed by atoms with Gasteiger partial charge in [-0.25, -0.2) is 0 Å². The number of piperazine rings is 1. The molecular weight excluding hydrogens is 406 g/mol. The van der Waals surface area contributed by atoms with E-state index in [0.29, 0.717) is 17.9 Å². The van der Waals surface area contributed by atoms with E-state index in [-0.39, 0.29) is 11.9 Å². The third-order valence-corrected chi connectivity index (χ3v) is 5.87. The average molecular weight is 436 g/mol. The van der Waals surface area contributed by atoms with Crippen molar-refractivity contribution in [2.45, 2.75) is 6.04 Å². The van der Waals surface area contributed by atoms with Gasteiger partial charge in [0, 0.05) is 38.4 Å². The van der Waals surface area contributed by atoms with Gasteiger partial charge in [0.25, 0.3) is 5.91 Å². The monoisotopic (exact) mass is 435 g/mol. The molecule has 1 N–H and O–H groups in total. The summed E-state index contributed by atoms with van der Waals surface area (Å²) in [6.45, 7) is 3.96. The minimum absolute atomic E-state index is 0.0401. The first-order valence-electron chi connectivity index (χ1n) is 10.8. The minimum Gasteiger partial charge on any atom is -0.497 e. The molecular formula is C25H29N3O4. The fourth-order valence-electron chi connectivity index (χ4n) is 4.09. The molecule has 32 heavy (non-hydrogen) atoms. The molecule has 3 aromatic rings. The van der Waals surface area contributed by atoms with Gasteiger partial charge < -0.3 is 24.1 Å².